The van der Waals surface area contributed by atoms with Crippen molar-refractivity contribution in [1.29, 1.82) is 0 Å². The average Bonchev–Trinajstić information content (AvgIpc) is 3.35. The van der Waals surface area contributed by atoms with E-state index >= 15 is 0 Å². The van der Waals surface area contributed by atoms with Crippen LogP contribution in [-0.2, 0) is 20.7 Å². The lowest BCUT2D eigenvalue weighted by Gasteiger charge is -2.16. The first-order valence-corrected chi connectivity index (χ1v) is 10.8. The monoisotopic (exact) mass is 425 g/mol. The zero-order valence-electron chi connectivity index (χ0n) is 15.7. The Hall–Kier alpha value is -2.84. The van der Waals surface area contributed by atoms with E-state index in [9.17, 15) is 9.59 Å². The summed E-state index contributed by atoms with van der Waals surface area (Å²) in [4.78, 5) is 32.4. The first kappa shape index (κ1) is 19.5. The number of methoxy groups -OCH3 is 1. The molecule has 148 valence electrons. The third-order valence-electron chi connectivity index (χ3n) is 4.52. The molecule has 0 saturated heterocycles. The number of H-pyrrole nitrogens is 1. The molecule has 0 fully saturated rings. The number of rotatable bonds is 7. The van der Waals surface area contributed by atoms with Gasteiger partial charge in [-0.25, -0.2) is 9.78 Å². The van der Waals surface area contributed by atoms with Crippen molar-refractivity contribution in [1.82, 2.24) is 15.3 Å². The van der Waals surface area contributed by atoms with Crippen LogP contribution >= 0.6 is 23.1 Å². The van der Waals surface area contributed by atoms with E-state index in [1.54, 1.807) is 11.3 Å². The summed E-state index contributed by atoms with van der Waals surface area (Å²) in [5, 5.41) is 3.83. The van der Waals surface area contributed by atoms with Crippen LogP contribution in [0.4, 0.5) is 0 Å². The number of fused-ring (bicyclic) bond motifs is 2. The van der Waals surface area contributed by atoms with Crippen LogP contribution in [0.25, 0.3) is 21.1 Å². The number of aromatic amines is 1. The van der Waals surface area contributed by atoms with E-state index in [2.05, 4.69) is 15.3 Å². The molecule has 4 aromatic rings. The van der Waals surface area contributed by atoms with E-state index in [0.29, 0.717) is 6.42 Å². The van der Waals surface area contributed by atoms with Gasteiger partial charge >= 0.3 is 5.97 Å². The second-order valence-electron chi connectivity index (χ2n) is 6.44. The van der Waals surface area contributed by atoms with Crippen molar-refractivity contribution >= 4 is 56.1 Å². The number of carbonyl (C=O) groups is 2. The van der Waals surface area contributed by atoms with Gasteiger partial charge < -0.3 is 15.0 Å². The molecule has 2 N–H and O–H groups in total. The number of nitrogens with zero attached hydrogens (tertiary/aromatic N) is 1. The third kappa shape index (κ3) is 4.44. The Kier molecular flexibility index (Phi) is 5.82. The van der Waals surface area contributed by atoms with Gasteiger partial charge in [0.1, 0.15) is 6.04 Å². The van der Waals surface area contributed by atoms with Crippen LogP contribution < -0.4 is 5.32 Å². The van der Waals surface area contributed by atoms with Crippen LogP contribution in [0.2, 0.25) is 0 Å². The van der Waals surface area contributed by atoms with Crippen molar-refractivity contribution in [2.45, 2.75) is 16.8 Å². The minimum atomic E-state index is -0.748. The van der Waals surface area contributed by atoms with E-state index in [1.807, 2.05) is 54.7 Å². The Bertz CT molecular complexity index is 1140. The summed E-state index contributed by atoms with van der Waals surface area (Å²) in [6.45, 7) is 0. The van der Waals surface area contributed by atoms with E-state index in [4.69, 9.17) is 4.74 Å². The molecule has 0 saturated carbocycles. The summed E-state index contributed by atoms with van der Waals surface area (Å²) in [7, 11) is 1.33. The number of para-hydroxylation sites is 2. The Labute approximate surface area is 175 Å². The molecular weight excluding hydrogens is 406 g/mol. The second kappa shape index (κ2) is 8.67. The van der Waals surface area contributed by atoms with Crippen molar-refractivity contribution in [3.8, 4) is 0 Å². The van der Waals surface area contributed by atoms with Crippen molar-refractivity contribution in [2.24, 2.45) is 0 Å². The number of aromatic nitrogens is 2. The molecule has 2 heterocycles. The third-order valence-corrected chi connectivity index (χ3v) is 6.70. The van der Waals surface area contributed by atoms with E-state index in [-0.39, 0.29) is 11.7 Å². The molecule has 29 heavy (non-hydrogen) atoms. The number of esters is 1. The first-order chi connectivity index (χ1) is 14.1. The van der Waals surface area contributed by atoms with Crippen LogP contribution in [-0.4, -0.2) is 40.7 Å². The standard InChI is InChI=1S/C21H19N3O3S2/c1-27-20(26)17(10-13-11-22-15-7-3-2-6-14(13)15)23-19(25)12-28-21-24-16-8-4-5-9-18(16)29-21/h2-9,11,17,22H,10,12H2,1H3,(H,23,25)/t17-/m1/s1. The number of amides is 1. The lowest BCUT2D eigenvalue weighted by molar-refractivity contribution is -0.144. The molecule has 4 rings (SSSR count). The summed E-state index contributed by atoms with van der Waals surface area (Å²) in [5.41, 5.74) is 2.87. The molecule has 0 aliphatic heterocycles. The molecule has 0 aliphatic carbocycles. The van der Waals surface area contributed by atoms with Gasteiger partial charge in [-0.2, -0.15) is 0 Å². The van der Waals surface area contributed by atoms with Gasteiger partial charge in [0.2, 0.25) is 5.91 Å². The van der Waals surface area contributed by atoms with Gasteiger partial charge in [-0.1, -0.05) is 42.1 Å². The lowest BCUT2D eigenvalue weighted by atomic mass is 10.0. The largest absolute Gasteiger partial charge is 0.467 e. The van der Waals surface area contributed by atoms with Crippen molar-refractivity contribution in [2.75, 3.05) is 12.9 Å². The molecule has 0 spiro atoms. The smallest absolute Gasteiger partial charge is 0.328 e. The normalized spacial score (nSPS) is 12.2. The predicted molar refractivity (Wildman–Crippen MR) is 116 cm³/mol. The highest BCUT2D eigenvalue weighted by Gasteiger charge is 2.23. The molecule has 8 heteroatoms. The number of hydrogen-bond acceptors (Lipinski definition) is 6. The number of thioether (sulfide) groups is 1. The molecular formula is C21H19N3O3S2. The molecule has 0 bridgehead atoms. The fraction of sp³-hybridized carbons (Fsp3) is 0.190. The highest BCUT2D eigenvalue weighted by molar-refractivity contribution is 8.01. The average molecular weight is 426 g/mol. The summed E-state index contributed by atoms with van der Waals surface area (Å²) in [6.07, 6.45) is 2.22. The Morgan fingerprint density at radius 2 is 2.00 bits per heavy atom. The van der Waals surface area contributed by atoms with Crippen molar-refractivity contribution < 1.29 is 14.3 Å². The number of nitrogens with one attached hydrogen (secondary N) is 2. The summed E-state index contributed by atoms with van der Waals surface area (Å²) in [6, 6.07) is 15.0. The highest BCUT2D eigenvalue weighted by atomic mass is 32.2. The predicted octanol–water partition coefficient (Wildman–Crippen LogP) is 3.77. The number of hydrogen-bond donors (Lipinski definition) is 2. The Balaban J connectivity index is 1.42. The van der Waals surface area contributed by atoms with Crippen LogP contribution in [0.15, 0.2) is 59.1 Å². The van der Waals surface area contributed by atoms with Gasteiger partial charge in [-0.05, 0) is 23.8 Å². The van der Waals surface area contributed by atoms with Gasteiger partial charge in [0.15, 0.2) is 4.34 Å². The van der Waals surface area contributed by atoms with Crippen LogP contribution in [0, 0.1) is 0 Å². The number of benzene rings is 2. The van der Waals surface area contributed by atoms with Crippen LogP contribution in [0.5, 0.6) is 0 Å². The minimum absolute atomic E-state index is 0.182. The molecule has 2 aromatic heterocycles. The van der Waals surface area contributed by atoms with E-state index < -0.39 is 12.0 Å². The molecule has 1 atom stereocenters. The quantitative estimate of drug-likeness (QED) is 0.348. The van der Waals surface area contributed by atoms with Gasteiger partial charge in [-0.15, -0.1) is 11.3 Å². The lowest BCUT2D eigenvalue weighted by Crippen LogP contribution is -2.43. The van der Waals surface area contributed by atoms with E-state index in [1.165, 1.54) is 18.9 Å². The molecule has 2 aromatic carbocycles. The second-order valence-corrected chi connectivity index (χ2v) is 8.70. The summed E-state index contributed by atoms with van der Waals surface area (Å²) in [5.74, 6) is -0.514. The molecule has 1 amide bonds. The van der Waals surface area contributed by atoms with Crippen molar-refractivity contribution in [3.63, 3.8) is 0 Å². The maximum Gasteiger partial charge on any atom is 0.328 e. The topological polar surface area (TPSA) is 84.1 Å². The Morgan fingerprint density at radius 3 is 2.83 bits per heavy atom. The SMILES string of the molecule is COC(=O)[C@@H](Cc1c[nH]c2ccccc12)NC(=O)CSc1nc2ccccc2s1. The molecule has 0 unspecified atom stereocenters. The zero-order chi connectivity index (χ0) is 20.2. The van der Waals surface area contributed by atoms with Crippen molar-refractivity contribution in [3.05, 3.63) is 60.3 Å². The molecule has 0 aliphatic rings. The minimum Gasteiger partial charge on any atom is -0.467 e. The van der Waals surface area contributed by atoms with Crippen LogP contribution in [0.1, 0.15) is 5.56 Å². The Morgan fingerprint density at radius 1 is 1.21 bits per heavy atom. The number of ether oxygens (including phenoxy) is 1. The van der Waals surface area contributed by atoms with Crippen LogP contribution in [0.3, 0.4) is 0 Å². The maximum atomic E-state index is 12.5. The first-order valence-electron chi connectivity index (χ1n) is 9.04. The summed E-state index contributed by atoms with van der Waals surface area (Å²) >= 11 is 2.91. The zero-order valence-corrected chi connectivity index (χ0v) is 17.3. The molecule has 0 radical (unpaired) electrons. The maximum absolute atomic E-state index is 12.5. The number of thiazole rings is 1. The highest BCUT2D eigenvalue weighted by Crippen LogP contribution is 2.29. The fourth-order valence-electron chi connectivity index (χ4n) is 3.13. The van der Waals surface area contributed by atoms with Gasteiger partial charge in [0.25, 0.3) is 0 Å². The van der Waals surface area contributed by atoms with Gasteiger partial charge in [-0.3, -0.25) is 4.79 Å². The summed E-state index contributed by atoms with van der Waals surface area (Å²) < 4.78 is 6.81. The van der Waals surface area contributed by atoms with Gasteiger partial charge in [0.05, 0.1) is 23.1 Å². The fourth-order valence-corrected chi connectivity index (χ4v) is 5.01. The molecule has 6 nitrogen and oxygen atoms in total. The van der Waals surface area contributed by atoms with E-state index in [0.717, 1.165) is 31.0 Å². The number of carbonyl (C=O) groups excluding carboxylic acids is 2. The van der Waals surface area contributed by atoms with Gasteiger partial charge in [0, 0.05) is 23.5 Å².